The van der Waals surface area contributed by atoms with Crippen molar-refractivity contribution in [2.45, 2.75) is 129 Å². The van der Waals surface area contributed by atoms with Crippen LogP contribution in [-0.2, 0) is 9.53 Å². The van der Waals surface area contributed by atoms with Crippen molar-refractivity contribution in [1.82, 2.24) is 0 Å². The van der Waals surface area contributed by atoms with Crippen LogP contribution >= 0.6 is 0 Å². The summed E-state index contributed by atoms with van der Waals surface area (Å²) in [6.45, 7) is 4.46. The van der Waals surface area contributed by atoms with E-state index in [1.54, 1.807) is 0 Å². The highest BCUT2D eigenvalue weighted by Gasteiger charge is 2.38. The van der Waals surface area contributed by atoms with Crippen molar-refractivity contribution >= 4 is 5.97 Å². The standard InChI is InChI=1S/C25H43NO2/c1-3-5-7-8-10-21-11-13-23(14-12-21)28-24(27)22-15-18-25(20-26,19-16-22)17-9-6-4-2/h21-23H,3-19H2,1-2H3. The zero-order valence-electron chi connectivity index (χ0n) is 18.5. The normalized spacial score (nSPS) is 30.5. The fourth-order valence-corrected chi connectivity index (χ4v) is 5.20. The minimum Gasteiger partial charge on any atom is -0.462 e. The Kier molecular flexibility index (Phi) is 10.4. The number of hydrogen-bond donors (Lipinski definition) is 0. The molecule has 2 saturated carbocycles. The molecule has 0 unspecified atom stereocenters. The molecule has 3 heteroatoms. The molecule has 0 heterocycles. The van der Waals surface area contributed by atoms with Gasteiger partial charge in [-0.15, -0.1) is 0 Å². The van der Waals surface area contributed by atoms with Crippen molar-refractivity contribution in [2.75, 3.05) is 0 Å². The third-order valence-electron chi connectivity index (χ3n) is 7.31. The maximum atomic E-state index is 12.6. The Hall–Kier alpha value is -1.04. The second kappa shape index (κ2) is 12.5. The van der Waals surface area contributed by atoms with Crippen molar-refractivity contribution < 1.29 is 9.53 Å². The summed E-state index contributed by atoms with van der Waals surface area (Å²) in [5.41, 5.74) is -0.179. The third-order valence-corrected chi connectivity index (χ3v) is 7.31. The number of carbonyl (C=O) groups is 1. The zero-order valence-corrected chi connectivity index (χ0v) is 18.5. The largest absolute Gasteiger partial charge is 0.462 e. The van der Waals surface area contributed by atoms with Crippen LogP contribution in [0.5, 0.6) is 0 Å². The molecule has 0 aliphatic heterocycles. The SMILES string of the molecule is CCCCCCC1CCC(OC(=O)C2CCC(C#N)(CCCCC)CC2)CC1. The zero-order chi connectivity index (χ0) is 20.2. The van der Waals surface area contributed by atoms with Crippen LogP contribution in [-0.4, -0.2) is 12.1 Å². The molecule has 2 fully saturated rings. The lowest BCUT2D eigenvalue weighted by Gasteiger charge is -2.35. The summed E-state index contributed by atoms with van der Waals surface area (Å²) in [7, 11) is 0. The summed E-state index contributed by atoms with van der Waals surface area (Å²) >= 11 is 0. The summed E-state index contributed by atoms with van der Waals surface area (Å²) in [5, 5.41) is 9.68. The number of rotatable bonds is 11. The van der Waals surface area contributed by atoms with Crippen LogP contribution in [0.4, 0.5) is 0 Å². The van der Waals surface area contributed by atoms with Crippen molar-refractivity contribution in [1.29, 1.82) is 5.26 Å². The lowest BCUT2D eigenvalue weighted by Crippen LogP contribution is -2.33. The average molecular weight is 390 g/mol. The lowest BCUT2D eigenvalue weighted by molar-refractivity contribution is -0.157. The Morgan fingerprint density at radius 2 is 1.57 bits per heavy atom. The first-order chi connectivity index (χ1) is 13.6. The van der Waals surface area contributed by atoms with E-state index in [1.165, 1.54) is 57.8 Å². The summed E-state index contributed by atoms with van der Waals surface area (Å²) in [4.78, 5) is 12.6. The van der Waals surface area contributed by atoms with Crippen LogP contribution in [0, 0.1) is 28.6 Å². The fourth-order valence-electron chi connectivity index (χ4n) is 5.20. The van der Waals surface area contributed by atoms with Gasteiger partial charge in [-0.2, -0.15) is 5.26 Å². The molecule has 3 nitrogen and oxygen atoms in total. The first-order valence-electron chi connectivity index (χ1n) is 12.2. The van der Waals surface area contributed by atoms with Crippen LogP contribution in [0.2, 0.25) is 0 Å². The second-order valence-electron chi connectivity index (χ2n) is 9.55. The molecule has 0 aromatic rings. The van der Waals surface area contributed by atoms with Crippen LogP contribution < -0.4 is 0 Å². The van der Waals surface area contributed by atoms with Gasteiger partial charge >= 0.3 is 5.97 Å². The van der Waals surface area contributed by atoms with E-state index >= 15 is 0 Å². The first-order valence-corrected chi connectivity index (χ1v) is 12.2. The number of esters is 1. The van der Waals surface area contributed by atoms with E-state index < -0.39 is 0 Å². The highest BCUT2D eigenvalue weighted by molar-refractivity contribution is 5.72. The molecule has 2 aliphatic rings. The monoisotopic (exact) mass is 389 g/mol. The van der Waals surface area contributed by atoms with E-state index in [-0.39, 0.29) is 23.4 Å². The molecule has 0 saturated heterocycles. The van der Waals surface area contributed by atoms with Gasteiger partial charge in [-0.1, -0.05) is 65.2 Å². The van der Waals surface area contributed by atoms with Gasteiger partial charge in [-0.25, -0.2) is 0 Å². The summed E-state index contributed by atoms with van der Waals surface area (Å²) in [5.74, 6) is 0.895. The number of unbranched alkanes of at least 4 members (excludes halogenated alkanes) is 5. The number of nitriles is 1. The van der Waals surface area contributed by atoms with E-state index in [4.69, 9.17) is 4.74 Å². The fraction of sp³-hybridized carbons (Fsp3) is 0.920. The number of ether oxygens (including phenoxy) is 1. The van der Waals surface area contributed by atoms with E-state index in [0.717, 1.165) is 57.3 Å². The van der Waals surface area contributed by atoms with Crippen LogP contribution in [0.15, 0.2) is 0 Å². The number of carbonyl (C=O) groups excluding carboxylic acids is 1. The Morgan fingerprint density at radius 1 is 0.929 bits per heavy atom. The molecule has 28 heavy (non-hydrogen) atoms. The molecule has 0 radical (unpaired) electrons. The summed E-state index contributed by atoms with van der Waals surface area (Å²) < 4.78 is 5.90. The Balaban J connectivity index is 1.66. The van der Waals surface area contributed by atoms with E-state index in [1.807, 2.05) is 0 Å². The second-order valence-corrected chi connectivity index (χ2v) is 9.55. The average Bonchev–Trinajstić information content (AvgIpc) is 2.73. The minimum absolute atomic E-state index is 0.0199. The number of nitrogens with zero attached hydrogens (tertiary/aromatic N) is 1. The molecule has 0 amide bonds. The third kappa shape index (κ3) is 7.41. The topological polar surface area (TPSA) is 50.1 Å². The van der Waals surface area contributed by atoms with Crippen LogP contribution in [0.1, 0.15) is 123 Å². The van der Waals surface area contributed by atoms with Gasteiger partial charge in [0.05, 0.1) is 17.4 Å². The molecule has 2 rings (SSSR count). The van der Waals surface area contributed by atoms with Gasteiger partial charge in [0.25, 0.3) is 0 Å². The smallest absolute Gasteiger partial charge is 0.309 e. The van der Waals surface area contributed by atoms with Crippen molar-refractivity contribution in [2.24, 2.45) is 17.3 Å². The Labute approximate surface area is 173 Å². The molecule has 0 N–H and O–H groups in total. The molecule has 0 spiro atoms. The molecule has 160 valence electrons. The Bertz CT molecular complexity index is 479. The van der Waals surface area contributed by atoms with Gasteiger partial charge in [0.1, 0.15) is 6.10 Å². The van der Waals surface area contributed by atoms with Crippen LogP contribution in [0.25, 0.3) is 0 Å². The van der Waals surface area contributed by atoms with E-state index in [0.29, 0.717) is 0 Å². The van der Waals surface area contributed by atoms with Gasteiger partial charge in [-0.3, -0.25) is 4.79 Å². The maximum Gasteiger partial charge on any atom is 0.309 e. The number of hydrogen-bond acceptors (Lipinski definition) is 3. The summed E-state index contributed by atoms with van der Waals surface area (Å²) in [6.07, 6.45) is 19.4. The van der Waals surface area contributed by atoms with Gasteiger partial charge < -0.3 is 4.74 Å². The highest BCUT2D eigenvalue weighted by atomic mass is 16.5. The van der Waals surface area contributed by atoms with E-state index in [9.17, 15) is 10.1 Å². The molecule has 0 aromatic carbocycles. The van der Waals surface area contributed by atoms with Gasteiger partial charge in [-0.05, 0) is 63.7 Å². The quantitative estimate of drug-likeness (QED) is 0.274. The molecular weight excluding hydrogens is 346 g/mol. The van der Waals surface area contributed by atoms with Crippen molar-refractivity contribution in [3.8, 4) is 6.07 Å². The molecule has 0 bridgehead atoms. The summed E-state index contributed by atoms with van der Waals surface area (Å²) in [6, 6.07) is 2.59. The van der Waals surface area contributed by atoms with E-state index in [2.05, 4.69) is 19.9 Å². The highest BCUT2D eigenvalue weighted by Crippen LogP contribution is 2.43. The van der Waals surface area contributed by atoms with Crippen LogP contribution in [0.3, 0.4) is 0 Å². The predicted octanol–water partition coefficient (Wildman–Crippen LogP) is 7.34. The molecule has 0 aromatic heterocycles. The predicted molar refractivity (Wildman–Crippen MR) is 115 cm³/mol. The Morgan fingerprint density at radius 3 is 2.18 bits per heavy atom. The molecule has 0 atom stereocenters. The molecular formula is C25H43NO2. The van der Waals surface area contributed by atoms with Crippen molar-refractivity contribution in [3.05, 3.63) is 0 Å². The molecule has 2 aliphatic carbocycles. The van der Waals surface area contributed by atoms with Gasteiger partial charge in [0.15, 0.2) is 0 Å². The van der Waals surface area contributed by atoms with Gasteiger partial charge in [0.2, 0.25) is 0 Å². The first kappa shape index (κ1) is 23.2. The van der Waals surface area contributed by atoms with Gasteiger partial charge in [0, 0.05) is 0 Å². The lowest BCUT2D eigenvalue weighted by atomic mass is 9.69. The van der Waals surface area contributed by atoms with Crippen molar-refractivity contribution in [3.63, 3.8) is 0 Å². The minimum atomic E-state index is -0.179. The maximum absolute atomic E-state index is 12.6.